The SMILES string of the molecule is C#CCn1c(=O)n([C@@H]2O[C@H](C(C)(C)O)[C@H](F)[C@H]2O)c2nc(N)[nH]c(=O)c21. The van der Waals surface area contributed by atoms with Crippen molar-refractivity contribution < 1.29 is 19.3 Å². The van der Waals surface area contributed by atoms with Crippen molar-refractivity contribution in [1.29, 1.82) is 0 Å². The number of anilines is 1. The zero-order valence-corrected chi connectivity index (χ0v) is 14.0. The molecule has 26 heavy (non-hydrogen) atoms. The summed E-state index contributed by atoms with van der Waals surface area (Å²) in [4.78, 5) is 31.1. The molecule has 0 spiro atoms. The highest BCUT2D eigenvalue weighted by Crippen LogP contribution is 2.36. The maximum atomic E-state index is 14.5. The Labute approximate surface area is 146 Å². The zero-order chi connectivity index (χ0) is 19.4. The highest BCUT2D eigenvalue weighted by Gasteiger charge is 2.52. The summed E-state index contributed by atoms with van der Waals surface area (Å²) in [5, 5.41) is 20.3. The number of nitrogen functional groups attached to an aromatic ring is 1. The van der Waals surface area contributed by atoms with Crippen LogP contribution in [0.1, 0.15) is 20.1 Å². The molecular weight excluding hydrogens is 349 g/mol. The lowest BCUT2D eigenvalue weighted by molar-refractivity contribution is -0.116. The Morgan fingerprint density at radius 1 is 1.50 bits per heavy atom. The molecule has 140 valence electrons. The molecular formula is C15H18FN5O5. The Morgan fingerprint density at radius 2 is 2.15 bits per heavy atom. The topological polar surface area (TPSA) is 148 Å². The lowest BCUT2D eigenvalue weighted by Crippen LogP contribution is -2.42. The molecule has 3 heterocycles. The summed E-state index contributed by atoms with van der Waals surface area (Å²) in [5.74, 6) is 1.96. The summed E-state index contributed by atoms with van der Waals surface area (Å²) >= 11 is 0. The van der Waals surface area contributed by atoms with Crippen LogP contribution in [0.15, 0.2) is 9.59 Å². The molecule has 1 saturated heterocycles. The molecule has 4 atom stereocenters. The average Bonchev–Trinajstić information content (AvgIpc) is 2.96. The first-order valence-corrected chi connectivity index (χ1v) is 7.72. The van der Waals surface area contributed by atoms with E-state index < -0.39 is 41.5 Å². The van der Waals surface area contributed by atoms with Crippen molar-refractivity contribution >= 4 is 17.1 Å². The number of aliphatic hydroxyl groups is 2. The Morgan fingerprint density at radius 3 is 2.69 bits per heavy atom. The van der Waals surface area contributed by atoms with Gasteiger partial charge >= 0.3 is 5.69 Å². The molecule has 11 heteroatoms. The Balaban J connectivity index is 2.26. The predicted molar refractivity (Wildman–Crippen MR) is 89.0 cm³/mol. The minimum absolute atomic E-state index is 0.180. The fraction of sp³-hybridized carbons (Fsp3) is 0.533. The Bertz CT molecular complexity index is 1010. The number of aliphatic hydroxyl groups excluding tert-OH is 1. The van der Waals surface area contributed by atoms with Crippen molar-refractivity contribution in [3.8, 4) is 12.3 Å². The maximum Gasteiger partial charge on any atom is 0.333 e. The largest absolute Gasteiger partial charge is 0.388 e. The number of terminal acetylenes is 1. The third kappa shape index (κ3) is 2.59. The highest BCUT2D eigenvalue weighted by atomic mass is 19.1. The van der Waals surface area contributed by atoms with E-state index in [4.69, 9.17) is 16.9 Å². The molecule has 2 aromatic rings. The number of H-pyrrole nitrogens is 1. The van der Waals surface area contributed by atoms with Crippen molar-refractivity contribution in [2.75, 3.05) is 5.73 Å². The van der Waals surface area contributed by atoms with Crippen LogP contribution in [0, 0.1) is 12.3 Å². The van der Waals surface area contributed by atoms with Crippen LogP contribution < -0.4 is 17.0 Å². The molecule has 0 bridgehead atoms. The summed E-state index contributed by atoms with van der Waals surface area (Å²) in [6.45, 7) is 2.36. The molecule has 10 nitrogen and oxygen atoms in total. The van der Waals surface area contributed by atoms with E-state index in [0.29, 0.717) is 0 Å². The van der Waals surface area contributed by atoms with Crippen molar-refractivity contribution in [2.45, 2.75) is 50.6 Å². The number of halogens is 1. The van der Waals surface area contributed by atoms with Gasteiger partial charge in [0.1, 0.15) is 12.2 Å². The minimum Gasteiger partial charge on any atom is -0.388 e. The van der Waals surface area contributed by atoms with Crippen molar-refractivity contribution in [3.05, 3.63) is 20.8 Å². The van der Waals surface area contributed by atoms with Crippen LogP contribution in [0.25, 0.3) is 11.2 Å². The van der Waals surface area contributed by atoms with Crippen LogP contribution in [-0.2, 0) is 11.3 Å². The summed E-state index contributed by atoms with van der Waals surface area (Å²) in [5.41, 5.74) is 1.98. The van der Waals surface area contributed by atoms with Crippen LogP contribution >= 0.6 is 0 Å². The van der Waals surface area contributed by atoms with Gasteiger partial charge in [0.05, 0.1) is 12.1 Å². The monoisotopic (exact) mass is 367 g/mol. The summed E-state index contributed by atoms with van der Waals surface area (Å²) in [7, 11) is 0. The van der Waals surface area contributed by atoms with Gasteiger partial charge in [0.15, 0.2) is 23.6 Å². The molecule has 0 saturated carbocycles. The number of aromatic amines is 1. The van der Waals surface area contributed by atoms with Gasteiger partial charge < -0.3 is 20.7 Å². The van der Waals surface area contributed by atoms with E-state index in [0.717, 1.165) is 9.13 Å². The first-order valence-electron chi connectivity index (χ1n) is 7.72. The first kappa shape index (κ1) is 18.1. The number of nitrogens with zero attached hydrogens (tertiary/aromatic N) is 3. The number of fused-ring (bicyclic) bond motifs is 1. The molecule has 2 aromatic heterocycles. The van der Waals surface area contributed by atoms with E-state index in [9.17, 15) is 24.2 Å². The van der Waals surface area contributed by atoms with Gasteiger partial charge in [-0.05, 0) is 13.8 Å². The summed E-state index contributed by atoms with van der Waals surface area (Å²) in [6.07, 6.45) is -1.44. The molecule has 1 fully saturated rings. The van der Waals surface area contributed by atoms with E-state index in [-0.39, 0.29) is 23.7 Å². The zero-order valence-electron chi connectivity index (χ0n) is 14.0. The summed E-state index contributed by atoms with van der Waals surface area (Å²) < 4.78 is 21.6. The molecule has 0 amide bonds. The first-order chi connectivity index (χ1) is 12.1. The van der Waals surface area contributed by atoms with Crippen molar-refractivity contribution in [1.82, 2.24) is 19.1 Å². The van der Waals surface area contributed by atoms with Gasteiger partial charge in [-0.2, -0.15) is 4.98 Å². The summed E-state index contributed by atoms with van der Waals surface area (Å²) in [6, 6.07) is 0. The van der Waals surface area contributed by atoms with Crippen LogP contribution in [0.5, 0.6) is 0 Å². The van der Waals surface area contributed by atoms with Gasteiger partial charge in [-0.15, -0.1) is 6.42 Å². The number of alkyl halides is 1. The molecule has 3 rings (SSSR count). The number of rotatable bonds is 3. The normalized spacial score (nSPS) is 26.3. The van der Waals surface area contributed by atoms with E-state index in [1.807, 2.05) is 0 Å². The number of aromatic nitrogens is 4. The van der Waals surface area contributed by atoms with Crippen LogP contribution in [0.4, 0.5) is 10.3 Å². The fourth-order valence-electron chi connectivity index (χ4n) is 3.08. The smallest absolute Gasteiger partial charge is 0.333 e. The van der Waals surface area contributed by atoms with Gasteiger partial charge in [0.2, 0.25) is 5.95 Å². The number of imidazole rings is 1. The van der Waals surface area contributed by atoms with E-state index in [1.165, 1.54) is 13.8 Å². The second kappa shape index (κ2) is 5.94. The van der Waals surface area contributed by atoms with Gasteiger partial charge in [-0.25, -0.2) is 13.8 Å². The second-order valence-electron chi connectivity index (χ2n) is 6.60. The average molecular weight is 367 g/mol. The van der Waals surface area contributed by atoms with Gasteiger partial charge in [0.25, 0.3) is 5.56 Å². The molecule has 0 aromatic carbocycles. The third-order valence-electron chi connectivity index (χ3n) is 4.22. The van der Waals surface area contributed by atoms with Crippen LogP contribution in [-0.4, -0.2) is 53.3 Å². The highest BCUT2D eigenvalue weighted by molar-refractivity contribution is 5.72. The van der Waals surface area contributed by atoms with Crippen molar-refractivity contribution in [2.24, 2.45) is 0 Å². The van der Waals surface area contributed by atoms with Crippen LogP contribution in [0.3, 0.4) is 0 Å². The maximum absolute atomic E-state index is 14.5. The van der Waals surface area contributed by atoms with Crippen LogP contribution in [0.2, 0.25) is 0 Å². The Kier molecular flexibility index (Phi) is 4.14. The van der Waals surface area contributed by atoms with Gasteiger partial charge in [0, 0.05) is 0 Å². The quantitative estimate of drug-likeness (QED) is 0.481. The fourth-order valence-corrected chi connectivity index (χ4v) is 3.08. The molecule has 5 N–H and O–H groups in total. The lowest BCUT2D eigenvalue weighted by atomic mass is 9.97. The standard InChI is InChI=1S/C15H18FN5O5/c1-4-5-20-7-10(18-13(17)19-11(7)23)21(14(20)24)12-8(22)6(16)9(26-12)15(2,3)25/h1,6,8-9,12,22,25H,5H2,2-3H3,(H3,17,18,19,23)/t6-,8-,9+,12-/m1/s1. The van der Waals surface area contributed by atoms with E-state index in [1.54, 1.807) is 0 Å². The third-order valence-corrected chi connectivity index (χ3v) is 4.22. The van der Waals surface area contributed by atoms with Gasteiger partial charge in [-0.3, -0.25) is 14.3 Å². The number of nitrogens with two attached hydrogens (primary N) is 1. The molecule has 0 unspecified atom stereocenters. The molecule has 0 radical (unpaired) electrons. The Hall–Kier alpha value is -2.68. The number of hydrogen-bond acceptors (Lipinski definition) is 7. The predicted octanol–water partition coefficient (Wildman–Crippen LogP) is -1.53. The van der Waals surface area contributed by atoms with E-state index in [2.05, 4.69) is 15.9 Å². The molecule has 1 aliphatic rings. The van der Waals surface area contributed by atoms with Crippen molar-refractivity contribution in [3.63, 3.8) is 0 Å². The number of hydrogen-bond donors (Lipinski definition) is 4. The molecule has 1 aliphatic heterocycles. The number of nitrogens with one attached hydrogen (secondary N) is 1. The van der Waals surface area contributed by atoms with Gasteiger partial charge in [-0.1, -0.05) is 5.92 Å². The second-order valence-corrected chi connectivity index (χ2v) is 6.60. The number of ether oxygens (including phenoxy) is 1. The van der Waals surface area contributed by atoms with E-state index >= 15 is 0 Å². The minimum atomic E-state index is -1.97. The lowest BCUT2D eigenvalue weighted by Gasteiger charge is -2.26. The molecule has 0 aliphatic carbocycles.